The van der Waals surface area contributed by atoms with Gasteiger partial charge < -0.3 is 4.74 Å². The summed E-state index contributed by atoms with van der Waals surface area (Å²) in [6.07, 6.45) is 0.875. The summed E-state index contributed by atoms with van der Waals surface area (Å²) < 4.78 is 6.44. The topological polar surface area (TPSA) is 61.2 Å². The molecular weight excluding hydrogens is 312 g/mol. The third-order valence-corrected chi connectivity index (χ3v) is 4.64. The highest BCUT2D eigenvalue weighted by Crippen LogP contribution is 2.23. The number of rotatable bonds is 6. The van der Waals surface area contributed by atoms with E-state index in [-0.39, 0.29) is 11.5 Å². The first-order valence-corrected chi connectivity index (χ1v) is 8.56. The standard InChI is InChI=1S/C17H22N2O3S/c1-11(2)9-10-19-15(20)13-7-5-6-8-14(13)18-17(19)23-12(3)16(21)22-4/h5-8,11-12H,9-10H2,1-4H3. The van der Waals surface area contributed by atoms with Crippen molar-refractivity contribution in [3.05, 3.63) is 34.6 Å². The van der Waals surface area contributed by atoms with Crippen LogP contribution in [0.3, 0.4) is 0 Å². The number of methoxy groups -OCH3 is 1. The van der Waals surface area contributed by atoms with Crippen molar-refractivity contribution in [2.75, 3.05) is 7.11 Å². The second kappa shape index (κ2) is 7.64. The summed E-state index contributed by atoms with van der Waals surface area (Å²) in [5, 5.41) is 0.747. The second-order valence-electron chi connectivity index (χ2n) is 5.83. The first-order chi connectivity index (χ1) is 10.9. The van der Waals surface area contributed by atoms with E-state index in [1.165, 1.54) is 18.9 Å². The summed E-state index contributed by atoms with van der Waals surface area (Å²) >= 11 is 1.26. The summed E-state index contributed by atoms with van der Waals surface area (Å²) in [6, 6.07) is 7.29. The first-order valence-electron chi connectivity index (χ1n) is 7.68. The Kier molecular flexibility index (Phi) is 5.82. The fourth-order valence-corrected chi connectivity index (χ4v) is 3.16. The van der Waals surface area contributed by atoms with Gasteiger partial charge in [0.25, 0.3) is 5.56 Å². The molecule has 0 N–H and O–H groups in total. The molecular formula is C17H22N2O3S. The van der Waals surface area contributed by atoms with Crippen molar-refractivity contribution >= 4 is 28.6 Å². The van der Waals surface area contributed by atoms with E-state index >= 15 is 0 Å². The Hall–Kier alpha value is -1.82. The molecule has 0 radical (unpaired) electrons. The lowest BCUT2D eigenvalue weighted by molar-refractivity contribution is -0.139. The van der Waals surface area contributed by atoms with Crippen LogP contribution in [0, 0.1) is 5.92 Å². The number of hydrogen-bond acceptors (Lipinski definition) is 5. The fraction of sp³-hybridized carbons (Fsp3) is 0.471. The molecule has 0 amide bonds. The number of hydrogen-bond donors (Lipinski definition) is 0. The van der Waals surface area contributed by atoms with E-state index in [0.29, 0.717) is 28.5 Å². The van der Waals surface area contributed by atoms with Crippen LogP contribution in [0.1, 0.15) is 27.2 Å². The molecule has 23 heavy (non-hydrogen) atoms. The highest BCUT2D eigenvalue weighted by atomic mass is 32.2. The van der Waals surface area contributed by atoms with Gasteiger partial charge in [-0.05, 0) is 31.4 Å². The lowest BCUT2D eigenvalue weighted by atomic mass is 10.1. The summed E-state index contributed by atoms with van der Waals surface area (Å²) in [6.45, 7) is 6.57. The van der Waals surface area contributed by atoms with E-state index in [4.69, 9.17) is 4.74 Å². The molecule has 1 atom stereocenters. The van der Waals surface area contributed by atoms with Gasteiger partial charge in [-0.1, -0.05) is 37.7 Å². The van der Waals surface area contributed by atoms with Crippen LogP contribution in [0.15, 0.2) is 34.2 Å². The van der Waals surface area contributed by atoms with Crippen molar-refractivity contribution in [2.24, 2.45) is 5.92 Å². The van der Waals surface area contributed by atoms with Crippen molar-refractivity contribution in [1.82, 2.24) is 9.55 Å². The average molecular weight is 334 g/mol. The SMILES string of the molecule is COC(=O)C(C)Sc1nc2ccccc2c(=O)n1CCC(C)C. The van der Waals surface area contributed by atoms with Gasteiger partial charge in [0.1, 0.15) is 5.25 Å². The molecule has 0 spiro atoms. The Labute approximate surface area is 140 Å². The molecule has 0 aliphatic rings. The average Bonchev–Trinajstić information content (AvgIpc) is 2.53. The zero-order valence-corrected chi connectivity index (χ0v) is 14.7. The van der Waals surface area contributed by atoms with Crippen LogP contribution < -0.4 is 5.56 Å². The number of nitrogens with zero attached hydrogens (tertiary/aromatic N) is 2. The van der Waals surface area contributed by atoms with Gasteiger partial charge in [-0.25, -0.2) is 4.98 Å². The second-order valence-corrected chi connectivity index (χ2v) is 7.14. The summed E-state index contributed by atoms with van der Waals surface area (Å²) in [5.74, 6) is 0.150. The van der Waals surface area contributed by atoms with Gasteiger partial charge in [-0.2, -0.15) is 0 Å². The lowest BCUT2D eigenvalue weighted by Gasteiger charge is -2.16. The van der Waals surface area contributed by atoms with E-state index in [9.17, 15) is 9.59 Å². The maximum Gasteiger partial charge on any atom is 0.318 e. The molecule has 5 nitrogen and oxygen atoms in total. The Morgan fingerprint density at radius 3 is 2.65 bits per heavy atom. The smallest absolute Gasteiger partial charge is 0.318 e. The van der Waals surface area contributed by atoms with Gasteiger partial charge in [0.2, 0.25) is 0 Å². The predicted octanol–water partition coefficient (Wildman–Crippen LogP) is 3.10. The van der Waals surface area contributed by atoms with Crippen molar-refractivity contribution in [3.8, 4) is 0 Å². The number of ether oxygens (including phenoxy) is 1. The van der Waals surface area contributed by atoms with Gasteiger partial charge in [-0.15, -0.1) is 0 Å². The van der Waals surface area contributed by atoms with E-state index in [2.05, 4.69) is 18.8 Å². The van der Waals surface area contributed by atoms with Gasteiger partial charge in [0, 0.05) is 6.54 Å². The quantitative estimate of drug-likeness (QED) is 0.461. The summed E-state index contributed by atoms with van der Waals surface area (Å²) in [7, 11) is 1.36. The van der Waals surface area contributed by atoms with Gasteiger partial charge >= 0.3 is 5.97 Å². The maximum absolute atomic E-state index is 12.8. The molecule has 2 rings (SSSR count). The number of aromatic nitrogens is 2. The molecule has 0 aliphatic heterocycles. The third-order valence-electron chi connectivity index (χ3n) is 3.57. The molecule has 1 heterocycles. The highest BCUT2D eigenvalue weighted by Gasteiger charge is 2.19. The van der Waals surface area contributed by atoms with Crippen molar-refractivity contribution < 1.29 is 9.53 Å². The van der Waals surface area contributed by atoms with Gasteiger partial charge in [0.05, 0.1) is 18.0 Å². The molecule has 0 bridgehead atoms. The number of esters is 1. The zero-order valence-electron chi connectivity index (χ0n) is 13.9. The van der Waals surface area contributed by atoms with Crippen LogP contribution in [0.5, 0.6) is 0 Å². The monoisotopic (exact) mass is 334 g/mol. The summed E-state index contributed by atoms with van der Waals surface area (Å²) in [4.78, 5) is 29.0. The van der Waals surface area contributed by atoms with Crippen molar-refractivity contribution in [2.45, 2.75) is 44.1 Å². The van der Waals surface area contributed by atoms with Crippen LogP contribution >= 0.6 is 11.8 Å². The van der Waals surface area contributed by atoms with E-state index in [1.54, 1.807) is 17.6 Å². The number of para-hydroxylation sites is 1. The molecule has 6 heteroatoms. The number of carbonyl (C=O) groups excluding carboxylic acids is 1. The molecule has 2 aromatic rings. The molecule has 1 aromatic carbocycles. The zero-order chi connectivity index (χ0) is 17.0. The predicted molar refractivity (Wildman–Crippen MR) is 92.8 cm³/mol. The molecule has 124 valence electrons. The van der Waals surface area contributed by atoms with Crippen LogP contribution in [0.2, 0.25) is 0 Å². The molecule has 0 fully saturated rings. The van der Waals surface area contributed by atoms with E-state index < -0.39 is 5.25 Å². The van der Waals surface area contributed by atoms with E-state index in [1.807, 2.05) is 18.2 Å². The minimum atomic E-state index is -0.418. The maximum atomic E-state index is 12.8. The Balaban J connectivity index is 2.48. The molecule has 1 aromatic heterocycles. The van der Waals surface area contributed by atoms with Crippen LogP contribution in [0.25, 0.3) is 10.9 Å². The minimum Gasteiger partial charge on any atom is -0.468 e. The molecule has 1 unspecified atom stereocenters. The lowest BCUT2D eigenvalue weighted by Crippen LogP contribution is -2.26. The molecule has 0 saturated carbocycles. The largest absolute Gasteiger partial charge is 0.468 e. The fourth-order valence-electron chi connectivity index (χ4n) is 2.19. The minimum absolute atomic E-state index is 0.0594. The van der Waals surface area contributed by atoms with Crippen molar-refractivity contribution in [1.29, 1.82) is 0 Å². The number of fused-ring (bicyclic) bond motifs is 1. The van der Waals surface area contributed by atoms with Crippen LogP contribution in [0.4, 0.5) is 0 Å². The van der Waals surface area contributed by atoms with Crippen molar-refractivity contribution in [3.63, 3.8) is 0 Å². The summed E-state index contributed by atoms with van der Waals surface area (Å²) in [5.41, 5.74) is 0.591. The van der Waals surface area contributed by atoms with Gasteiger partial charge in [-0.3, -0.25) is 14.2 Å². The molecule has 0 saturated heterocycles. The molecule has 0 aliphatic carbocycles. The Morgan fingerprint density at radius 1 is 1.30 bits per heavy atom. The number of benzene rings is 1. The first kappa shape index (κ1) is 17.5. The van der Waals surface area contributed by atoms with Crippen LogP contribution in [-0.4, -0.2) is 27.9 Å². The highest BCUT2D eigenvalue weighted by molar-refractivity contribution is 8.00. The van der Waals surface area contributed by atoms with E-state index in [0.717, 1.165) is 6.42 Å². The van der Waals surface area contributed by atoms with Crippen LogP contribution in [-0.2, 0) is 16.1 Å². The normalized spacial score (nSPS) is 12.6. The van der Waals surface area contributed by atoms with Gasteiger partial charge in [0.15, 0.2) is 5.16 Å². The Morgan fingerprint density at radius 2 is 2.00 bits per heavy atom. The Bertz CT molecular complexity index is 755. The third kappa shape index (κ3) is 4.13. The number of thioether (sulfide) groups is 1. The number of carbonyl (C=O) groups is 1.